The van der Waals surface area contributed by atoms with Crippen LogP contribution in [0.2, 0.25) is 0 Å². The van der Waals surface area contributed by atoms with Crippen LogP contribution in [0.25, 0.3) is 0 Å². The highest BCUT2D eigenvalue weighted by atomic mass is 15.3. The molecular weight excluding hydrogens is 240 g/mol. The molecule has 2 heterocycles. The van der Waals surface area contributed by atoms with Crippen LogP contribution >= 0.6 is 0 Å². The second-order valence-corrected chi connectivity index (χ2v) is 4.32. The van der Waals surface area contributed by atoms with Gasteiger partial charge in [-0.05, 0) is 19.4 Å². The van der Waals surface area contributed by atoms with E-state index in [2.05, 4.69) is 32.6 Å². The summed E-state index contributed by atoms with van der Waals surface area (Å²) in [6.45, 7) is 6.67. The van der Waals surface area contributed by atoms with E-state index in [0.717, 1.165) is 43.3 Å². The Balaban J connectivity index is 1.92. The molecule has 2 aromatic rings. The molecule has 0 saturated carbocycles. The highest BCUT2D eigenvalue weighted by Gasteiger charge is 2.05. The fourth-order valence-electron chi connectivity index (χ4n) is 1.77. The van der Waals surface area contributed by atoms with E-state index in [-0.39, 0.29) is 0 Å². The van der Waals surface area contributed by atoms with Gasteiger partial charge in [0.05, 0.1) is 6.54 Å². The molecule has 0 amide bonds. The Bertz CT molecular complexity index is 494. The maximum absolute atomic E-state index is 4.27. The van der Waals surface area contributed by atoms with Crippen LogP contribution in [-0.4, -0.2) is 32.8 Å². The van der Waals surface area contributed by atoms with Gasteiger partial charge in [-0.2, -0.15) is 5.10 Å². The number of nitrogens with zero attached hydrogens (tertiary/aromatic N) is 4. The van der Waals surface area contributed by atoms with Crippen molar-refractivity contribution in [2.24, 2.45) is 0 Å². The van der Waals surface area contributed by atoms with Crippen molar-refractivity contribution in [1.82, 2.24) is 19.7 Å². The Morgan fingerprint density at radius 2 is 1.89 bits per heavy atom. The molecule has 0 aromatic carbocycles. The van der Waals surface area contributed by atoms with Gasteiger partial charge in [-0.1, -0.05) is 6.92 Å². The predicted octanol–water partition coefficient (Wildman–Crippen LogP) is 1.92. The second-order valence-electron chi connectivity index (χ2n) is 4.32. The number of nitrogens with one attached hydrogen (secondary N) is 2. The van der Waals surface area contributed by atoms with Crippen LogP contribution in [-0.2, 0) is 6.54 Å². The third kappa shape index (κ3) is 3.67. The van der Waals surface area contributed by atoms with Crippen LogP contribution in [0.5, 0.6) is 0 Å². The average molecular weight is 260 g/mol. The number of hydrogen-bond donors (Lipinski definition) is 2. The van der Waals surface area contributed by atoms with Crippen molar-refractivity contribution in [2.75, 3.05) is 23.7 Å². The number of rotatable bonds is 7. The van der Waals surface area contributed by atoms with Gasteiger partial charge in [0.1, 0.15) is 18.0 Å². The molecule has 2 N–H and O–H groups in total. The summed E-state index contributed by atoms with van der Waals surface area (Å²) in [4.78, 5) is 8.53. The van der Waals surface area contributed by atoms with E-state index in [1.54, 1.807) is 12.5 Å². The lowest BCUT2D eigenvalue weighted by molar-refractivity contribution is 0.637. The highest BCUT2D eigenvalue weighted by molar-refractivity contribution is 5.56. The molecule has 0 aliphatic heterocycles. The van der Waals surface area contributed by atoms with E-state index in [0.29, 0.717) is 0 Å². The van der Waals surface area contributed by atoms with Gasteiger partial charge in [0, 0.05) is 31.0 Å². The molecule has 2 aromatic heterocycles. The van der Waals surface area contributed by atoms with E-state index in [1.807, 2.05) is 23.9 Å². The summed E-state index contributed by atoms with van der Waals surface area (Å²) in [6, 6.07) is 1.92. The summed E-state index contributed by atoms with van der Waals surface area (Å²) >= 11 is 0. The molecule has 2 rings (SSSR count). The van der Waals surface area contributed by atoms with E-state index < -0.39 is 0 Å². The van der Waals surface area contributed by atoms with Crippen LogP contribution in [0.1, 0.15) is 18.9 Å². The van der Waals surface area contributed by atoms with Crippen molar-refractivity contribution in [2.45, 2.75) is 26.8 Å². The Labute approximate surface area is 113 Å². The summed E-state index contributed by atoms with van der Waals surface area (Å²) in [5, 5.41) is 10.8. The molecule has 0 fully saturated rings. The predicted molar refractivity (Wildman–Crippen MR) is 76.3 cm³/mol. The fraction of sp³-hybridized carbons (Fsp3) is 0.462. The van der Waals surface area contributed by atoms with E-state index in [4.69, 9.17) is 0 Å². The maximum Gasteiger partial charge on any atom is 0.134 e. The van der Waals surface area contributed by atoms with Gasteiger partial charge >= 0.3 is 0 Å². The molecule has 102 valence electrons. The largest absolute Gasteiger partial charge is 0.370 e. The molecular formula is C13H20N6. The van der Waals surface area contributed by atoms with Crippen molar-refractivity contribution < 1.29 is 0 Å². The summed E-state index contributed by atoms with van der Waals surface area (Å²) in [7, 11) is 0. The maximum atomic E-state index is 4.27. The molecule has 0 spiro atoms. The molecule has 0 bridgehead atoms. The number of hydrogen-bond acceptors (Lipinski definition) is 5. The lowest BCUT2D eigenvalue weighted by atomic mass is 10.3. The average Bonchev–Trinajstić information content (AvgIpc) is 2.92. The Morgan fingerprint density at radius 3 is 2.53 bits per heavy atom. The standard InChI is InChI=1S/C13H20N6/c1-3-5-14-12-11(2)13(17-10-16-12)15-7-9-19-8-4-6-18-19/h4,6,8,10H,3,5,7,9H2,1-2H3,(H2,14,15,16,17). The van der Waals surface area contributed by atoms with Crippen molar-refractivity contribution >= 4 is 11.6 Å². The minimum absolute atomic E-state index is 0.784. The van der Waals surface area contributed by atoms with Crippen LogP contribution < -0.4 is 10.6 Å². The van der Waals surface area contributed by atoms with Crippen molar-refractivity contribution in [3.05, 3.63) is 30.4 Å². The van der Waals surface area contributed by atoms with Crippen LogP contribution in [0.4, 0.5) is 11.6 Å². The molecule has 0 saturated heterocycles. The first-order valence-corrected chi connectivity index (χ1v) is 6.58. The quantitative estimate of drug-likeness (QED) is 0.796. The smallest absolute Gasteiger partial charge is 0.134 e. The zero-order valence-corrected chi connectivity index (χ0v) is 11.4. The molecule has 19 heavy (non-hydrogen) atoms. The third-order valence-corrected chi connectivity index (χ3v) is 2.82. The molecule has 0 radical (unpaired) electrons. The first kappa shape index (κ1) is 13.3. The Morgan fingerprint density at radius 1 is 1.16 bits per heavy atom. The van der Waals surface area contributed by atoms with Gasteiger partial charge in [0.25, 0.3) is 0 Å². The molecule has 0 atom stereocenters. The molecule has 0 aliphatic carbocycles. The lowest BCUT2D eigenvalue weighted by Gasteiger charge is -2.12. The van der Waals surface area contributed by atoms with E-state index in [9.17, 15) is 0 Å². The molecule has 6 nitrogen and oxygen atoms in total. The minimum atomic E-state index is 0.784. The summed E-state index contributed by atoms with van der Waals surface area (Å²) < 4.78 is 1.89. The Hall–Kier alpha value is -2.11. The van der Waals surface area contributed by atoms with Gasteiger partial charge in [0.15, 0.2) is 0 Å². The molecule has 6 heteroatoms. The van der Waals surface area contributed by atoms with Gasteiger partial charge in [-0.25, -0.2) is 9.97 Å². The lowest BCUT2D eigenvalue weighted by Crippen LogP contribution is -2.14. The SMILES string of the molecule is CCCNc1ncnc(NCCn2cccn2)c1C. The third-order valence-electron chi connectivity index (χ3n) is 2.82. The molecule has 0 aliphatic rings. The zero-order chi connectivity index (χ0) is 13.5. The molecule has 0 unspecified atom stereocenters. The fourth-order valence-corrected chi connectivity index (χ4v) is 1.77. The highest BCUT2D eigenvalue weighted by Crippen LogP contribution is 2.17. The summed E-state index contributed by atoms with van der Waals surface area (Å²) in [5.41, 5.74) is 1.05. The van der Waals surface area contributed by atoms with E-state index in [1.165, 1.54) is 0 Å². The summed E-state index contributed by atoms with van der Waals surface area (Å²) in [6.07, 6.45) is 6.39. The number of aromatic nitrogens is 4. The van der Waals surface area contributed by atoms with Gasteiger partial charge in [-0.3, -0.25) is 4.68 Å². The topological polar surface area (TPSA) is 67.7 Å². The second kappa shape index (κ2) is 6.72. The monoisotopic (exact) mass is 260 g/mol. The first-order valence-electron chi connectivity index (χ1n) is 6.58. The van der Waals surface area contributed by atoms with Crippen LogP contribution in [0.3, 0.4) is 0 Å². The van der Waals surface area contributed by atoms with Crippen LogP contribution in [0, 0.1) is 6.92 Å². The summed E-state index contributed by atoms with van der Waals surface area (Å²) in [5.74, 6) is 1.78. The van der Waals surface area contributed by atoms with Gasteiger partial charge in [-0.15, -0.1) is 0 Å². The first-order chi connectivity index (χ1) is 9.31. The Kier molecular flexibility index (Phi) is 4.72. The van der Waals surface area contributed by atoms with Gasteiger partial charge < -0.3 is 10.6 Å². The van der Waals surface area contributed by atoms with E-state index >= 15 is 0 Å². The normalized spacial score (nSPS) is 10.4. The van der Waals surface area contributed by atoms with Gasteiger partial charge in [0.2, 0.25) is 0 Å². The number of anilines is 2. The van der Waals surface area contributed by atoms with Crippen LogP contribution in [0.15, 0.2) is 24.8 Å². The zero-order valence-electron chi connectivity index (χ0n) is 11.4. The van der Waals surface area contributed by atoms with Crippen molar-refractivity contribution in [3.63, 3.8) is 0 Å². The van der Waals surface area contributed by atoms with Crippen molar-refractivity contribution in [3.8, 4) is 0 Å². The van der Waals surface area contributed by atoms with Crippen molar-refractivity contribution in [1.29, 1.82) is 0 Å². The minimum Gasteiger partial charge on any atom is -0.370 e.